The van der Waals surface area contributed by atoms with Gasteiger partial charge in [-0.05, 0) is 41.6 Å². The van der Waals surface area contributed by atoms with E-state index in [1.807, 2.05) is 46.7 Å². The number of nitrogens with one attached hydrogen (secondary N) is 1. The van der Waals surface area contributed by atoms with E-state index in [2.05, 4.69) is 5.32 Å². The lowest BCUT2D eigenvalue weighted by atomic mass is 10.2. The molecule has 23 heavy (non-hydrogen) atoms. The molecule has 1 fully saturated rings. The fraction of sp³-hybridized carbons (Fsp3) is 0.222. The molecular weight excluding hydrogens is 308 g/mol. The molecule has 4 nitrogen and oxygen atoms in total. The number of hydrogen-bond donors (Lipinski definition) is 1. The summed E-state index contributed by atoms with van der Waals surface area (Å²) in [6, 6.07) is 11.7. The summed E-state index contributed by atoms with van der Waals surface area (Å²) < 4.78 is 0. The van der Waals surface area contributed by atoms with E-state index in [1.54, 1.807) is 23.5 Å². The first-order valence-corrected chi connectivity index (χ1v) is 8.49. The lowest BCUT2D eigenvalue weighted by molar-refractivity contribution is -0.117. The van der Waals surface area contributed by atoms with Crippen LogP contribution in [0.25, 0.3) is 6.08 Å². The zero-order chi connectivity index (χ0) is 16.1. The predicted molar refractivity (Wildman–Crippen MR) is 93.2 cm³/mol. The number of nitrogens with zero attached hydrogens (tertiary/aromatic N) is 1. The van der Waals surface area contributed by atoms with Crippen LogP contribution in [0.3, 0.4) is 0 Å². The van der Waals surface area contributed by atoms with Gasteiger partial charge < -0.3 is 10.2 Å². The molecular formula is C18H18N2O2S. The summed E-state index contributed by atoms with van der Waals surface area (Å²) in [6.45, 7) is 1.22. The highest BCUT2D eigenvalue weighted by atomic mass is 32.1. The van der Waals surface area contributed by atoms with E-state index < -0.39 is 0 Å². The minimum atomic E-state index is -0.124. The smallest absolute Gasteiger partial charge is 0.244 e. The Labute approximate surface area is 139 Å². The van der Waals surface area contributed by atoms with Gasteiger partial charge in [-0.1, -0.05) is 18.2 Å². The lowest BCUT2D eigenvalue weighted by Gasteiger charge is -2.16. The molecule has 0 radical (unpaired) electrons. The Kier molecular flexibility index (Phi) is 4.88. The minimum Gasteiger partial charge on any atom is -0.348 e. The molecule has 0 bridgehead atoms. The summed E-state index contributed by atoms with van der Waals surface area (Å²) in [5, 5.41) is 4.84. The zero-order valence-corrected chi connectivity index (χ0v) is 13.5. The van der Waals surface area contributed by atoms with Gasteiger partial charge in [-0.25, -0.2) is 0 Å². The van der Waals surface area contributed by atoms with Gasteiger partial charge in [0.25, 0.3) is 0 Å². The Morgan fingerprint density at radius 1 is 1.30 bits per heavy atom. The van der Waals surface area contributed by atoms with Crippen LogP contribution in [0.4, 0.5) is 5.69 Å². The largest absolute Gasteiger partial charge is 0.348 e. The van der Waals surface area contributed by atoms with Crippen LogP contribution in [0.5, 0.6) is 0 Å². The third kappa shape index (κ3) is 4.07. The third-order valence-corrected chi connectivity index (χ3v) is 4.54. The van der Waals surface area contributed by atoms with Crippen molar-refractivity contribution >= 4 is 34.9 Å². The number of rotatable bonds is 5. The fourth-order valence-corrected chi connectivity index (χ4v) is 3.17. The van der Waals surface area contributed by atoms with Crippen LogP contribution in [0.1, 0.15) is 23.3 Å². The number of benzene rings is 1. The molecule has 0 unspecified atom stereocenters. The van der Waals surface area contributed by atoms with Gasteiger partial charge in [0.15, 0.2) is 0 Å². The topological polar surface area (TPSA) is 49.4 Å². The van der Waals surface area contributed by atoms with Crippen LogP contribution in [0.2, 0.25) is 0 Å². The van der Waals surface area contributed by atoms with Gasteiger partial charge >= 0.3 is 0 Å². The Bertz CT molecular complexity index is 722. The molecule has 2 aromatic rings. The van der Waals surface area contributed by atoms with E-state index in [-0.39, 0.29) is 11.8 Å². The van der Waals surface area contributed by atoms with Gasteiger partial charge in [0, 0.05) is 36.2 Å². The number of amides is 2. The summed E-state index contributed by atoms with van der Waals surface area (Å²) in [5.74, 6) is 0.0473. The molecule has 2 heterocycles. The summed E-state index contributed by atoms with van der Waals surface area (Å²) in [6.07, 6.45) is 4.88. The summed E-state index contributed by atoms with van der Waals surface area (Å²) in [4.78, 5) is 26.5. The van der Waals surface area contributed by atoms with Gasteiger partial charge in [0.2, 0.25) is 11.8 Å². The molecule has 118 valence electrons. The molecule has 1 N–H and O–H groups in total. The quantitative estimate of drug-likeness (QED) is 0.858. The average molecular weight is 326 g/mol. The van der Waals surface area contributed by atoms with Crippen LogP contribution in [0.15, 0.2) is 47.9 Å². The highest BCUT2D eigenvalue weighted by molar-refractivity contribution is 7.10. The van der Waals surface area contributed by atoms with Crippen LogP contribution >= 0.6 is 11.3 Å². The van der Waals surface area contributed by atoms with Crippen LogP contribution in [-0.4, -0.2) is 18.4 Å². The van der Waals surface area contributed by atoms with Crippen molar-refractivity contribution in [3.63, 3.8) is 0 Å². The molecule has 2 amide bonds. The molecule has 1 aromatic heterocycles. The Hall–Kier alpha value is -2.40. The zero-order valence-electron chi connectivity index (χ0n) is 12.7. The van der Waals surface area contributed by atoms with Crippen molar-refractivity contribution in [3.05, 3.63) is 58.3 Å². The molecule has 1 aliphatic rings. The SMILES string of the molecule is O=C(C=Cc1cccs1)NCc1cccc(N2CCCC2=O)c1. The molecule has 3 rings (SSSR count). The average Bonchev–Trinajstić information content (AvgIpc) is 3.22. The van der Waals surface area contributed by atoms with Crippen molar-refractivity contribution in [2.75, 3.05) is 11.4 Å². The molecule has 0 aliphatic carbocycles. The van der Waals surface area contributed by atoms with Gasteiger partial charge in [-0.15, -0.1) is 11.3 Å². The maximum absolute atomic E-state index is 11.8. The third-order valence-electron chi connectivity index (χ3n) is 3.70. The van der Waals surface area contributed by atoms with Gasteiger partial charge in [-0.2, -0.15) is 0 Å². The Morgan fingerprint density at radius 2 is 2.22 bits per heavy atom. The summed E-state index contributed by atoms with van der Waals surface area (Å²) >= 11 is 1.59. The molecule has 0 spiro atoms. The first-order valence-electron chi connectivity index (χ1n) is 7.61. The van der Waals surface area contributed by atoms with Crippen molar-refractivity contribution in [1.82, 2.24) is 5.32 Å². The normalized spacial score (nSPS) is 14.6. The minimum absolute atomic E-state index is 0.124. The van der Waals surface area contributed by atoms with E-state index in [0.717, 1.165) is 29.1 Å². The van der Waals surface area contributed by atoms with Crippen LogP contribution < -0.4 is 10.2 Å². The Balaban J connectivity index is 1.58. The monoisotopic (exact) mass is 326 g/mol. The molecule has 5 heteroatoms. The molecule has 1 aromatic carbocycles. The van der Waals surface area contributed by atoms with E-state index >= 15 is 0 Å². The maximum atomic E-state index is 11.8. The number of hydrogen-bond acceptors (Lipinski definition) is 3. The standard InChI is InChI=1S/C18H18N2O2S/c21-17(9-8-16-6-3-11-23-16)19-13-14-4-1-5-15(12-14)20-10-2-7-18(20)22/h1,3-6,8-9,11-12H,2,7,10,13H2,(H,19,21). The van der Waals surface area contributed by atoms with E-state index in [1.165, 1.54) is 0 Å². The van der Waals surface area contributed by atoms with Gasteiger partial charge in [-0.3, -0.25) is 9.59 Å². The van der Waals surface area contributed by atoms with Crippen LogP contribution in [-0.2, 0) is 16.1 Å². The van der Waals surface area contributed by atoms with Crippen molar-refractivity contribution < 1.29 is 9.59 Å². The van der Waals surface area contributed by atoms with E-state index in [0.29, 0.717) is 13.0 Å². The first kappa shape index (κ1) is 15.5. The maximum Gasteiger partial charge on any atom is 0.244 e. The summed E-state index contributed by atoms with van der Waals surface area (Å²) in [5.41, 5.74) is 1.90. The number of anilines is 1. The second kappa shape index (κ2) is 7.24. The number of thiophene rings is 1. The highest BCUT2D eigenvalue weighted by Crippen LogP contribution is 2.22. The fourth-order valence-electron chi connectivity index (χ4n) is 2.55. The number of carbonyl (C=O) groups is 2. The molecule has 1 aliphatic heterocycles. The molecule has 0 saturated carbocycles. The second-order valence-electron chi connectivity index (χ2n) is 5.39. The number of carbonyl (C=O) groups excluding carboxylic acids is 2. The van der Waals surface area contributed by atoms with Crippen LogP contribution in [0, 0.1) is 0 Å². The lowest BCUT2D eigenvalue weighted by Crippen LogP contribution is -2.24. The first-order chi connectivity index (χ1) is 11.2. The van der Waals surface area contributed by atoms with E-state index in [4.69, 9.17) is 0 Å². The van der Waals surface area contributed by atoms with Gasteiger partial charge in [0.05, 0.1) is 0 Å². The van der Waals surface area contributed by atoms with Gasteiger partial charge in [0.1, 0.15) is 0 Å². The summed E-state index contributed by atoms with van der Waals surface area (Å²) in [7, 11) is 0. The predicted octanol–water partition coefficient (Wildman–Crippen LogP) is 3.20. The van der Waals surface area contributed by atoms with Crippen molar-refractivity contribution in [3.8, 4) is 0 Å². The second-order valence-corrected chi connectivity index (χ2v) is 6.36. The van der Waals surface area contributed by atoms with E-state index in [9.17, 15) is 9.59 Å². The molecule has 0 atom stereocenters. The van der Waals surface area contributed by atoms with Crippen molar-refractivity contribution in [1.29, 1.82) is 0 Å². The Morgan fingerprint density at radius 3 is 2.96 bits per heavy atom. The highest BCUT2D eigenvalue weighted by Gasteiger charge is 2.21. The molecule has 1 saturated heterocycles. The van der Waals surface area contributed by atoms with Crippen molar-refractivity contribution in [2.45, 2.75) is 19.4 Å². The van der Waals surface area contributed by atoms with Crippen molar-refractivity contribution in [2.24, 2.45) is 0 Å².